The molecule has 0 spiro atoms. The van der Waals surface area contributed by atoms with Crippen LogP contribution in [0.25, 0.3) is 5.70 Å². The summed E-state index contributed by atoms with van der Waals surface area (Å²) >= 11 is 0. The first-order valence-corrected chi connectivity index (χ1v) is 11.2. The highest BCUT2D eigenvalue weighted by atomic mass is 16.5. The molecule has 2 atom stereocenters. The lowest BCUT2D eigenvalue weighted by atomic mass is 9.84. The second-order valence-corrected chi connectivity index (χ2v) is 8.24. The Morgan fingerprint density at radius 2 is 1.63 bits per heavy atom. The van der Waals surface area contributed by atoms with Crippen molar-refractivity contribution in [2.75, 3.05) is 26.6 Å². The molecule has 0 radical (unpaired) electrons. The topological polar surface area (TPSA) is 79.7 Å². The highest BCUT2D eigenvalue weighted by Gasteiger charge is 2.42. The van der Waals surface area contributed by atoms with E-state index in [1.54, 1.807) is 27.7 Å². The molecule has 2 aliphatic rings. The summed E-state index contributed by atoms with van der Waals surface area (Å²) in [7, 11) is 4.93. The third-order valence-corrected chi connectivity index (χ3v) is 6.47. The smallest absolute Gasteiger partial charge is 0.226 e. The lowest BCUT2D eigenvalue weighted by Gasteiger charge is -2.39. The summed E-state index contributed by atoms with van der Waals surface area (Å²) in [5.41, 5.74) is 4.80. The number of hydrogen-bond acceptors (Lipinski definition) is 7. The van der Waals surface area contributed by atoms with E-state index in [-0.39, 0.29) is 6.04 Å². The Balaban J connectivity index is 1.63. The summed E-state index contributed by atoms with van der Waals surface area (Å²) in [6.07, 6.45) is 1.12. The van der Waals surface area contributed by atoms with E-state index in [1.165, 1.54) is 0 Å². The SMILES string of the molecule is COc1ccc([C@H]2C3=C(Nc4ncnn42)c2ccccc2O[C@@H]3c2ccccc2OC)cc1OC. The fourth-order valence-corrected chi connectivity index (χ4v) is 4.90. The van der Waals surface area contributed by atoms with E-state index in [0.717, 1.165) is 39.5 Å². The fourth-order valence-electron chi connectivity index (χ4n) is 4.90. The monoisotopic (exact) mass is 468 g/mol. The first kappa shape index (κ1) is 21.1. The third kappa shape index (κ3) is 3.29. The molecule has 8 nitrogen and oxygen atoms in total. The summed E-state index contributed by atoms with van der Waals surface area (Å²) in [4.78, 5) is 4.49. The van der Waals surface area contributed by atoms with Crippen LogP contribution in [0.1, 0.15) is 28.8 Å². The second kappa shape index (κ2) is 8.39. The van der Waals surface area contributed by atoms with Gasteiger partial charge in [-0.3, -0.25) is 0 Å². The summed E-state index contributed by atoms with van der Waals surface area (Å²) in [5.74, 6) is 3.48. The van der Waals surface area contributed by atoms with Crippen LogP contribution in [-0.2, 0) is 0 Å². The number of nitrogens with one attached hydrogen (secondary N) is 1. The molecule has 0 fully saturated rings. The second-order valence-electron chi connectivity index (χ2n) is 8.24. The standard InChI is InChI=1S/C27H24N4O4/c1-32-19-10-6-5-9-18(19)26-23-24(17-8-4-7-11-20(17)35-26)30-27-28-15-29-31(27)25(23)16-12-13-21(33-2)22(14-16)34-3/h4-15,25-26H,1-3H3,(H,28,29,30)/t25-,26+/m0/s1. The zero-order valence-electron chi connectivity index (χ0n) is 19.6. The highest BCUT2D eigenvalue weighted by molar-refractivity contribution is 5.85. The van der Waals surface area contributed by atoms with Crippen LogP contribution in [0, 0.1) is 0 Å². The third-order valence-electron chi connectivity index (χ3n) is 6.47. The van der Waals surface area contributed by atoms with Crippen LogP contribution in [0.3, 0.4) is 0 Å². The maximum absolute atomic E-state index is 6.68. The Kier molecular flexibility index (Phi) is 5.06. The molecule has 2 aliphatic heterocycles. The molecule has 0 aliphatic carbocycles. The molecule has 0 bridgehead atoms. The van der Waals surface area contributed by atoms with E-state index in [0.29, 0.717) is 17.4 Å². The number of para-hydroxylation sites is 2. The molecule has 0 saturated heterocycles. The van der Waals surface area contributed by atoms with Crippen LogP contribution >= 0.6 is 0 Å². The molecule has 3 heterocycles. The Bertz CT molecular complexity index is 1440. The zero-order chi connectivity index (χ0) is 23.9. The van der Waals surface area contributed by atoms with Gasteiger partial charge in [-0.05, 0) is 35.9 Å². The van der Waals surface area contributed by atoms with Gasteiger partial charge in [0.1, 0.15) is 23.9 Å². The molecular weight excluding hydrogens is 444 g/mol. The summed E-state index contributed by atoms with van der Waals surface area (Å²) in [6, 6.07) is 21.5. The molecule has 0 saturated carbocycles. The molecule has 0 amide bonds. The van der Waals surface area contributed by atoms with Crippen LogP contribution in [0.15, 0.2) is 78.6 Å². The van der Waals surface area contributed by atoms with Gasteiger partial charge in [-0.15, -0.1) is 0 Å². The molecule has 1 aromatic heterocycles. The van der Waals surface area contributed by atoms with Crippen LogP contribution in [0.2, 0.25) is 0 Å². The van der Waals surface area contributed by atoms with Gasteiger partial charge < -0.3 is 24.3 Å². The molecular formula is C27H24N4O4. The Labute approximate surface area is 202 Å². The predicted octanol–water partition coefficient (Wildman–Crippen LogP) is 4.86. The van der Waals surface area contributed by atoms with E-state index < -0.39 is 6.10 Å². The first-order chi connectivity index (χ1) is 17.2. The minimum Gasteiger partial charge on any atom is -0.496 e. The maximum atomic E-state index is 6.68. The highest BCUT2D eigenvalue weighted by Crippen LogP contribution is 2.52. The number of aromatic nitrogens is 3. The van der Waals surface area contributed by atoms with Crippen molar-refractivity contribution < 1.29 is 18.9 Å². The van der Waals surface area contributed by atoms with E-state index in [4.69, 9.17) is 18.9 Å². The summed E-state index contributed by atoms with van der Waals surface area (Å²) < 4.78 is 25.4. The van der Waals surface area contributed by atoms with Gasteiger partial charge in [0.05, 0.1) is 27.0 Å². The van der Waals surface area contributed by atoms with Crippen molar-refractivity contribution in [3.63, 3.8) is 0 Å². The molecule has 176 valence electrons. The molecule has 6 rings (SSSR count). The van der Waals surface area contributed by atoms with Gasteiger partial charge in [-0.25, -0.2) is 4.68 Å². The normalized spacial score (nSPS) is 17.9. The lowest BCUT2D eigenvalue weighted by Crippen LogP contribution is -2.32. The molecule has 0 unspecified atom stereocenters. The van der Waals surface area contributed by atoms with Gasteiger partial charge in [0.2, 0.25) is 5.95 Å². The number of fused-ring (bicyclic) bond motifs is 3. The molecule has 4 aromatic rings. The van der Waals surface area contributed by atoms with Crippen molar-refractivity contribution in [3.8, 4) is 23.0 Å². The number of benzene rings is 3. The largest absolute Gasteiger partial charge is 0.496 e. The predicted molar refractivity (Wildman–Crippen MR) is 131 cm³/mol. The van der Waals surface area contributed by atoms with E-state index in [1.807, 2.05) is 71.4 Å². The number of ether oxygens (including phenoxy) is 4. The van der Waals surface area contributed by atoms with E-state index in [9.17, 15) is 0 Å². The Morgan fingerprint density at radius 1 is 0.857 bits per heavy atom. The summed E-state index contributed by atoms with van der Waals surface area (Å²) in [5, 5.41) is 8.10. The number of methoxy groups -OCH3 is 3. The number of anilines is 1. The van der Waals surface area contributed by atoms with Gasteiger partial charge in [-0.1, -0.05) is 36.4 Å². The van der Waals surface area contributed by atoms with Gasteiger partial charge >= 0.3 is 0 Å². The average Bonchev–Trinajstić information content (AvgIpc) is 3.39. The maximum Gasteiger partial charge on any atom is 0.226 e. The van der Waals surface area contributed by atoms with E-state index >= 15 is 0 Å². The average molecular weight is 469 g/mol. The number of hydrogen-bond donors (Lipinski definition) is 1. The van der Waals surface area contributed by atoms with Crippen molar-refractivity contribution in [1.82, 2.24) is 14.8 Å². The van der Waals surface area contributed by atoms with Crippen LogP contribution in [0.4, 0.5) is 5.95 Å². The van der Waals surface area contributed by atoms with Gasteiger partial charge in [0, 0.05) is 16.7 Å². The number of nitrogens with zero attached hydrogens (tertiary/aromatic N) is 3. The first-order valence-electron chi connectivity index (χ1n) is 11.2. The van der Waals surface area contributed by atoms with Gasteiger partial charge in [0.15, 0.2) is 17.6 Å². The molecule has 8 heteroatoms. The van der Waals surface area contributed by atoms with Crippen molar-refractivity contribution in [2.24, 2.45) is 0 Å². The summed E-state index contributed by atoms with van der Waals surface area (Å²) in [6.45, 7) is 0. The lowest BCUT2D eigenvalue weighted by molar-refractivity contribution is 0.217. The molecule has 1 N–H and O–H groups in total. The molecule has 35 heavy (non-hydrogen) atoms. The zero-order valence-corrected chi connectivity index (χ0v) is 19.6. The Morgan fingerprint density at radius 3 is 2.46 bits per heavy atom. The van der Waals surface area contributed by atoms with Crippen LogP contribution in [-0.4, -0.2) is 36.1 Å². The van der Waals surface area contributed by atoms with Gasteiger partial charge in [-0.2, -0.15) is 10.1 Å². The number of rotatable bonds is 5. The van der Waals surface area contributed by atoms with E-state index in [2.05, 4.69) is 15.4 Å². The quantitative estimate of drug-likeness (QED) is 0.448. The fraction of sp³-hybridized carbons (Fsp3) is 0.185. The van der Waals surface area contributed by atoms with Crippen LogP contribution < -0.4 is 24.3 Å². The van der Waals surface area contributed by atoms with Crippen molar-refractivity contribution in [1.29, 1.82) is 0 Å². The molecule has 3 aromatic carbocycles. The Hall–Kier alpha value is -4.46. The minimum absolute atomic E-state index is 0.313. The van der Waals surface area contributed by atoms with Crippen molar-refractivity contribution in [3.05, 3.63) is 95.3 Å². The minimum atomic E-state index is -0.431. The van der Waals surface area contributed by atoms with Crippen molar-refractivity contribution >= 4 is 11.6 Å². The van der Waals surface area contributed by atoms with Gasteiger partial charge in [0.25, 0.3) is 0 Å². The van der Waals surface area contributed by atoms with Crippen LogP contribution in [0.5, 0.6) is 23.0 Å². The van der Waals surface area contributed by atoms with Crippen molar-refractivity contribution in [2.45, 2.75) is 12.1 Å².